The summed E-state index contributed by atoms with van der Waals surface area (Å²) in [5, 5.41) is 4.03. The highest BCUT2D eigenvalue weighted by Gasteiger charge is 2.29. The Kier molecular flexibility index (Phi) is 6.57. The van der Waals surface area contributed by atoms with E-state index in [0.717, 1.165) is 42.9 Å². The molecule has 4 nitrogen and oxygen atoms in total. The van der Waals surface area contributed by atoms with Gasteiger partial charge in [-0.25, -0.2) is 0 Å². The molecule has 150 valence electrons. The molecule has 28 heavy (non-hydrogen) atoms. The topological polar surface area (TPSA) is 40.0 Å². The maximum Gasteiger partial charge on any atom is 0.416 e. The molecule has 0 aliphatic carbocycles. The number of halogens is 3. The van der Waals surface area contributed by atoms with Gasteiger partial charge in [0.25, 0.3) is 0 Å². The molecule has 3 rings (SSSR count). The van der Waals surface area contributed by atoms with Gasteiger partial charge in [0.15, 0.2) is 0 Å². The van der Waals surface area contributed by atoms with Crippen LogP contribution in [0.15, 0.2) is 53.7 Å². The van der Waals surface area contributed by atoms with Gasteiger partial charge in [-0.05, 0) is 67.3 Å². The molecule has 7 heteroatoms. The molecule has 1 aliphatic rings. The number of rotatable bonds is 7. The minimum Gasteiger partial charge on any atom is -0.491 e. The Hall–Kier alpha value is -2.54. The van der Waals surface area contributed by atoms with E-state index in [9.17, 15) is 13.2 Å². The second-order valence-corrected chi connectivity index (χ2v) is 6.62. The number of hydrogen-bond acceptors (Lipinski definition) is 4. The van der Waals surface area contributed by atoms with E-state index in [1.807, 2.05) is 24.3 Å². The smallest absolute Gasteiger partial charge is 0.416 e. The summed E-state index contributed by atoms with van der Waals surface area (Å²) in [6.07, 6.45) is -2.06. The molecular weight excluding hydrogens is 371 g/mol. The van der Waals surface area contributed by atoms with Crippen LogP contribution in [0, 0.1) is 0 Å². The fourth-order valence-corrected chi connectivity index (χ4v) is 2.80. The second kappa shape index (κ2) is 9.10. The van der Waals surface area contributed by atoms with E-state index in [-0.39, 0.29) is 12.7 Å². The van der Waals surface area contributed by atoms with Crippen LogP contribution in [0.2, 0.25) is 0 Å². The van der Waals surface area contributed by atoms with Crippen molar-refractivity contribution in [2.45, 2.75) is 38.7 Å². The van der Waals surface area contributed by atoms with E-state index in [0.29, 0.717) is 17.9 Å². The third kappa shape index (κ3) is 5.73. The molecule has 0 aromatic heterocycles. The van der Waals surface area contributed by atoms with Crippen molar-refractivity contribution in [1.29, 1.82) is 0 Å². The summed E-state index contributed by atoms with van der Waals surface area (Å²) in [4.78, 5) is 5.27. The zero-order valence-corrected chi connectivity index (χ0v) is 15.5. The Morgan fingerprint density at radius 3 is 2.43 bits per heavy atom. The van der Waals surface area contributed by atoms with Crippen molar-refractivity contribution in [2.75, 3.05) is 13.2 Å². The van der Waals surface area contributed by atoms with Crippen molar-refractivity contribution < 1.29 is 27.5 Å². The van der Waals surface area contributed by atoms with E-state index in [1.54, 1.807) is 6.92 Å². The van der Waals surface area contributed by atoms with E-state index >= 15 is 0 Å². The highest BCUT2D eigenvalue weighted by atomic mass is 19.4. The van der Waals surface area contributed by atoms with Crippen molar-refractivity contribution in [2.24, 2.45) is 5.16 Å². The molecule has 0 amide bonds. The maximum atomic E-state index is 12.6. The van der Waals surface area contributed by atoms with Crippen LogP contribution >= 0.6 is 0 Å². The molecule has 0 spiro atoms. The number of nitrogens with zero attached hydrogens (tertiary/aromatic N) is 1. The summed E-state index contributed by atoms with van der Waals surface area (Å²) in [6, 6.07) is 12.3. The molecule has 1 heterocycles. The van der Waals surface area contributed by atoms with E-state index in [1.165, 1.54) is 12.1 Å². The molecule has 1 atom stereocenters. The van der Waals surface area contributed by atoms with Crippen LogP contribution in [0.4, 0.5) is 13.2 Å². The predicted octanol–water partition coefficient (Wildman–Crippen LogP) is 5.20. The quantitative estimate of drug-likeness (QED) is 0.479. The molecule has 1 fully saturated rings. The van der Waals surface area contributed by atoms with Gasteiger partial charge in [0.1, 0.15) is 19.0 Å². The third-order valence-corrected chi connectivity index (χ3v) is 4.45. The van der Waals surface area contributed by atoms with Crippen LogP contribution in [0.5, 0.6) is 5.75 Å². The molecule has 1 saturated heterocycles. The van der Waals surface area contributed by atoms with Gasteiger partial charge >= 0.3 is 6.18 Å². The fourth-order valence-electron chi connectivity index (χ4n) is 2.80. The lowest BCUT2D eigenvalue weighted by Gasteiger charge is -2.11. The molecule has 0 N–H and O–H groups in total. The van der Waals surface area contributed by atoms with Gasteiger partial charge in [-0.15, -0.1) is 0 Å². The highest BCUT2D eigenvalue weighted by Crippen LogP contribution is 2.29. The number of ether oxygens (including phenoxy) is 2. The first-order valence-electron chi connectivity index (χ1n) is 9.09. The van der Waals surface area contributed by atoms with Gasteiger partial charge in [-0.3, -0.25) is 0 Å². The van der Waals surface area contributed by atoms with Gasteiger partial charge in [-0.1, -0.05) is 17.3 Å². The Bertz CT molecular complexity index is 780. The van der Waals surface area contributed by atoms with Crippen LogP contribution in [0.1, 0.15) is 36.5 Å². The molecular formula is C21H22F3NO3. The van der Waals surface area contributed by atoms with Crippen LogP contribution in [-0.2, 0) is 22.4 Å². The summed E-state index contributed by atoms with van der Waals surface area (Å²) in [6.45, 7) is 3.24. The average molecular weight is 393 g/mol. The van der Waals surface area contributed by atoms with E-state index in [4.69, 9.17) is 14.3 Å². The van der Waals surface area contributed by atoms with E-state index < -0.39 is 11.7 Å². The summed E-state index contributed by atoms with van der Waals surface area (Å²) in [5.41, 5.74) is 1.47. The van der Waals surface area contributed by atoms with Crippen molar-refractivity contribution in [3.05, 3.63) is 65.2 Å². The summed E-state index contributed by atoms with van der Waals surface area (Å²) in [5.74, 6) is 0.762. The van der Waals surface area contributed by atoms with E-state index in [2.05, 4.69) is 5.16 Å². The molecule has 2 aromatic rings. The monoisotopic (exact) mass is 393 g/mol. The van der Waals surface area contributed by atoms with Crippen LogP contribution in [0.3, 0.4) is 0 Å². The minimum absolute atomic E-state index is 0.0953. The number of benzene rings is 2. The molecule has 0 radical (unpaired) electrons. The van der Waals surface area contributed by atoms with Gasteiger partial charge in [0, 0.05) is 6.61 Å². The second-order valence-electron chi connectivity index (χ2n) is 6.62. The zero-order valence-electron chi connectivity index (χ0n) is 15.5. The maximum absolute atomic E-state index is 12.6. The largest absolute Gasteiger partial charge is 0.491 e. The normalized spacial score (nSPS) is 17.6. The first-order chi connectivity index (χ1) is 13.4. The highest BCUT2D eigenvalue weighted by molar-refractivity contribution is 5.98. The Labute approximate surface area is 161 Å². The zero-order chi connectivity index (χ0) is 20.0. The standard InChI is InChI=1S/C21H22F3NO3/c1-15(25-28-13-16-4-8-18(9-5-16)21(22,23)24)17-6-10-19(11-7-17)27-14-20-3-2-12-26-20/h4-11,20H,2-3,12-14H2,1H3. The van der Waals surface area contributed by atoms with Gasteiger partial charge in [0.2, 0.25) is 0 Å². The minimum atomic E-state index is -4.34. The van der Waals surface area contributed by atoms with Crippen molar-refractivity contribution in [1.82, 2.24) is 0 Å². The first kappa shape index (κ1) is 20.2. The average Bonchev–Trinajstić information content (AvgIpc) is 3.20. The van der Waals surface area contributed by atoms with Crippen LogP contribution < -0.4 is 4.74 Å². The Morgan fingerprint density at radius 1 is 1.11 bits per heavy atom. The lowest BCUT2D eigenvalue weighted by molar-refractivity contribution is -0.137. The molecule has 1 aliphatic heterocycles. The summed E-state index contributed by atoms with van der Waals surface area (Å²) >= 11 is 0. The van der Waals surface area contributed by atoms with Gasteiger partial charge in [0.05, 0.1) is 17.4 Å². The fraction of sp³-hybridized carbons (Fsp3) is 0.381. The van der Waals surface area contributed by atoms with Crippen molar-refractivity contribution >= 4 is 5.71 Å². The molecule has 2 aromatic carbocycles. The number of alkyl halides is 3. The predicted molar refractivity (Wildman–Crippen MR) is 99.4 cm³/mol. The third-order valence-electron chi connectivity index (χ3n) is 4.45. The summed E-state index contributed by atoms with van der Waals surface area (Å²) < 4.78 is 48.9. The Morgan fingerprint density at radius 2 is 1.82 bits per heavy atom. The van der Waals surface area contributed by atoms with Crippen molar-refractivity contribution in [3.63, 3.8) is 0 Å². The SMILES string of the molecule is CC(=NOCc1ccc(C(F)(F)F)cc1)c1ccc(OCC2CCCO2)cc1. The number of hydrogen-bond donors (Lipinski definition) is 0. The summed E-state index contributed by atoms with van der Waals surface area (Å²) in [7, 11) is 0. The van der Waals surface area contributed by atoms with Crippen LogP contribution in [0.25, 0.3) is 0 Å². The van der Waals surface area contributed by atoms with Gasteiger partial charge < -0.3 is 14.3 Å². The molecule has 0 bridgehead atoms. The Balaban J connectivity index is 1.49. The number of oxime groups is 1. The molecule has 1 unspecified atom stereocenters. The first-order valence-corrected chi connectivity index (χ1v) is 9.09. The lowest BCUT2D eigenvalue weighted by atomic mass is 10.1. The van der Waals surface area contributed by atoms with Crippen molar-refractivity contribution in [3.8, 4) is 5.75 Å². The molecule has 0 saturated carbocycles. The van der Waals surface area contributed by atoms with Gasteiger partial charge in [-0.2, -0.15) is 13.2 Å². The lowest BCUT2D eigenvalue weighted by Crippen LogP contribution is -2.16. The van der Waals surface area contributed by atoms with Crippen LogP contribution in [-0.4, -0.2) is 25.0 Å².